The van der Waals surface area contributed by atoms with Gasteiger partial charge in [-0.2, -0.15) is 0 Å². The van der Waals surface area contributed by atoms with E-state index in [1.807, 2.05) is 0 Å². The Morgan fingerprint density at radius 3 is 2.50 bits per heavy atom. The SMILES string of the molecule is CO[C@H]1[C@H](O)C[C@](O)(C(=O)O)C[C@H]1OC(=O)C=Cc1ccc(O)c(O)c1. The topological polar surface area (TPSA) is 154 Å². The molecule has 1 aromatic carbocycles. The van der Waals surface area contributed by atoms with Gasteiger partial charge in [0.15, 0.2) is 17.1 Å². The maximum Gasteiger partial charge on any atom is 0.335 e. The molecule has 5 N–H and O–H groups in total. The normalized spacial score (nSPS) is 28.8. The van der Waals surface area contributed by atoms with E-state index in [0.717, 1.165) is 6.08 Å². The number of phenols is 2. The first kappa shape index (κ1) is 19.7. The van der Waals surface area contributed by atoms with E-state index < -0.39 is 48.7 Å². The van der Waals surface area contributed by atoms with Gasteiger partial charge in [-0.15, -0.1) is 0 Å². The van der Waals surface area contributed by atoms with Gasteiger partial charge in [0.2, 0.25) is 0 Å². The maximum atomic E-state index is 12.0. The first-order chi connectivity index (χ1) is 12.2. The molecular weight excluding hydrogens is 348 g/mol. The number of esters is 1. The molecule has 0 amide bonds. The summed E-state index contributed by atoms with van der Waals surface area (Å²) < 4.78 is 10.2. The average molecular weight is 368 g/mol. The first-order valence-electron chi connectivity index (χ1n) is 7.73. The van der Waals surface area contributed by atoms with E-state index in [1.54, 1.807) is 0 Å². The molecule has 0 unspecified atom stereocenters. The Hall–Kier alpha value is -2.62. The lowest BCUT2D eigenvalue weighted by molar-refractivity contribution is -0.200. The molecule has 0 saturated heterocycles. The highest BCUT2D eigenvalue weighted by atomic mass is 16.6. The molecule has 0 heterocycles. The summed E-state index contributed by atoms with van der Waals surface area (Å²) in [6.07, 6.45) is -2.02. The van der Waals surface area contributed by atoms with Crippen LogP contribution in [0.1, 0.15) is 18.4 Å². The van der Waals surface area contributed by atoms with Crippen molar-refractivity contribution in [3.05, 3.63) is 29.8 Å². The van der Waals surface area contributed by atoms with E-state index >= 15 is 0 Å². The first-order valence-corrected chi connectivity index (χ1v) is 7.73. The van der Waals surface area contributed by atoms with E-state index in [0.29, 0.717) is 5.56 Å². The number of carboxylic acid groups (broad SMARTS) is 1. The van der Waals surface area contributed by atoms with Crippen LogP contribution in [0.3, 0.4) is 0 Å². The van der Waals surface area contributed by atoms with Gasteiger partial charge in [0, 0.05) is 26.0 Å². The number of aromatic hydroxyl groups is 2. The van der Waals surface area contributed by atoms with Crippen molar-refractivity contribution in [2.75, 3.05) is 7.11 Å². The molecule has 2 rings (SSSR count). The summed E-state index contributed by atoms with van der Waals surface area (Å²) in [6, 6.07) is 3.92. The van der Waals surface area contributed by atoms with Crippen LogP contribution in [0.25, 0.3) is 6.08 Å². The van der Waals surface area contributed by atoms with Crippen molar-refractivity contribution in [2.45, 2.75) is 36.8 Å². The van der Waals surface area contributed by atoms with Crippen LogP contribution >= 0.6 is 0 Å². The van der Waals surface area contributed by atoms with E-state index in [9.17, 15) is 30.0 Å². The molecule has 1 aromatic rings. The van der Waals surface area contributed by atoms with Crippen molar-refractivity contribution in [3.8, 4) is 11.5 Å². The summed E-state index contributed by atoms with van der Waals surface area (Å²) in [5.74, 6) is -3.05. The number of aliphatic hydroxyl groups excluding tert-OH is 1. The third-order valence-electron chi connectivity index (χ3n) is 4.18. The van der Waals surface area contributed by atoms with Gasteiger partial charge in [-0.3, -0.25) is 0 Å². The van der Waals surface area contributed by atoms with Crippen LogP contribution in [0, 0.1) is 0 Å². The van der Waals surface area contributed by atoms with Gasteiger partial charge in [-0.25, -0.2) is 9.59 Å². The van der Waals surface area contributed by atoms with Gasteiger partial charge in [-0.1, -0.05) is 6.07 Å². The summed E-state index contributed by atoms with van der Waals surface area (Å²) in [7, 11) is 1.27. The number of carbonyl (C=O) groups excluding carboxylic acids is 1. The van der Waals surface area contributed by atoms with Crippen LogP contribution in [0.4, 0.5) is 0 Å². The molecule has 0 bridgehead atoms. The second-order valence-corrected chi connectivity index (χ2v) is 6.07. The third kappa shape index (κ3) is 4.31. The Morgan fingerprint density at radius 1 is 1.23 bits per heavy atom. The standard InChI is InChI=1S/C17H20O9/c1-25-15-12(20)7-17(24,16(22)23)8-13(15)26-14(21)5-3-9-2-4-10(18)11(19)6-9/h2-6,12-13,15,18-20,24H,7-8H2,1H3,(H,22,23)/t12-,13-,15+,17-/m1/s1. The quantitative estimate of drug-likeness (QED) is 0.275. The number of benzene rings is 1. The molecule has 1 fully saturated rings. The minimum Gasteiger partial charge on any atom is -0.504 e. The number of hydrogen-bond acceptors (Lipinski definition) is 8. The molecule has 9 heteroatoms. The molecule has 4 atom stereocenters. The number of phenolic OH excluding ortho intramolecular Hbond substituents is 2. The summed E-state index contributed by atoms with van der Waals surface area (Å²) in [5.41, 5.74) is -1.82. The number of ether oxygens (including phenoxy) is 2. The summed E-state index contributed by atoms with van der Waals surface area (Å²) in [6.45, 7) is 0. The second kappa shape index (κ2) is 7.73. The van der Waals surface area contributed by atoms with Crippen molar-refractivity contribution >= 4 is 18.0 Å². The Morgan fingerprint density at radius 2 is 1.92 bits per heavy atom. The van der Waals surface area contributed by atoms with Crippen LogP contribution in [0.5, 0.6) is 11.5 Å². The molecule has 142 valence electrons. The van der Waals surface area contributed by atoms with Crippen molar-refractivity contribution in [2.24, 2.45) is 0 Å². The zero-order chi connectivity index (χ0) is 19.5. The minimum atomic E-state index is -2.23. The predicted molar refractivity (Wildman–Crippen MR) is 87.3 cm³/mol. The number of carbonyl (C=O) groups is 2. The smallest absolute Gasteiger partial charge is 0.335 e. The Kier molecular flexibility index (Phi) is 5.86. The number of aliphatic carboxylic acids is 1. The van der Waals surface area contributed by atoms with Gasteiger partial charge in [0.25, 0.3) is 0 Å². The average Bonchev–Trinajstić information content (AvgIpc) is 2.55. The monoisotopic (exact) mass is 368 g/mol. The van der Waals surface area contributed by atoms with Crippen molar-refractivity contribution in [1.29, 1.82) is 0 Å². The van der Waals surface area contributed by atoms with Gasteiger partial charge in [-0.05, 0) is 23.8 Å². The van der Waals surface area contributed by atoms with E-state index in [1.165, 1.54) is 31.4 Å². The number of methoxy groups -OCH3 is 1. The van der Waals surface area contributed by atoms with Crippen molar-refractivity contribution in [3.63, 3.8) is 0 Å². The van der Waals surface area contributed by atoms with Crippen LogP contribution in [-0.2, 0) is 19.1 Å². The summed E-state index contributed by atoms with van der Waals surface area (Å²) in [5, 5.41) is 47.9. The highest BCUT2D eigenvalue weighted by Gasteiger charge is 2.51. The molecular formula is C17H20O9. The highest BCUT2D eigenvalue weighted by molar-refractivity contribution is 5.87. The molecule has 0 spiro atoms. The molecule has 1 aliphatic rings. The van der Waals surface area contributed by atoms with Gasteiger partial charge in [0.1, 0.15) is 12.2 Å². The lowest BCUT2D eigenvalue weighted by atomic mass is 9.79. The maximum absolute atomic E-state index is 12.0. The minimum absolute atomic E-state index is 0.309. The number of carboxylic acids is 1. The van der Waals surface area contributed by atoms with Crippen molar-refractivity contribution in [1.82, 2.24) is 0 Å². The molecule has 26 heavy (non-hydrogen) atoms. The van der Waals surface area contributed by atoms with Gasteiger partial charge >= 0.3 is 11.9 Å². The van der Waals surface area contributed by atoms with E-state index in [-0.39, 0.29) is 11.5 Å². The molecule has 1 saturated carbocycles. The predicted octanol–water partition coefficient (Wildman–Crippen LogP) is 0.00820. The van der Waals surface area contributed by atoms with Crippen LogP contribution in [0.2, 0.25) is 0 Å². The van der Waals surface area contributed by atoms with E-state index in [4.69, 9.17) is 14.6 Å². The highest BCUT2D eigenvalue weighted by Crippen LogP contribution is 2.33. The molecule has 1 aliphatic carbocycles. The molecule has 0 radical (unpaired) electrons. The zero-order valence-electron chi connectivity index (χ0n) is 13.9. The Labute approximate surface area is 148 Å². The third-order valence-corrected chi connectivity index (χ3v) is 4.18. The Bertz CT molecular complexity index is 714. The fourth-order valence-electron chi connectivity index (χ4n) is 2.83. The second-order valence-electron chi connectivity index (χ2n) is 6.07. The van der Waals surface area contributed by atoms with E-state index in [2.05, 4.69) is 0 Å². The van der Waals surface area contributed by atoms with Gasteiger partial charge in [0.05, 0.1) is 6.10 Å². The molecule has 0 aromatic heterocycles. The van der Waals surface area contributed by atoms with Crippen LogP contribution in [0.15, 0.2) is 24.3 Å². The number of aliphatic hydroxyl groups is 2. The lowest BCUT2D eigenvalue weighted by Gasteiger charge is -2.40. The number of rotatable bonds is 5. The van der Waals surface area contributed by atoms with Crippen LogP contribution < -0.4 is 0 Å². The molecule has 0 aliphatic heterocycles. The van der Waals surface area contributed by atoms with Crippen molar-refractivity contribution < 1.29 is 44.6 Å². The van der Waals surface area contributed by atoms with Crippen LogP contribution in [-0.4, -0.2) is 68.5 Å². The zero-order valence-corrected chi connectivity index (χ0v) is 13.9. The largest absolute Gasteiger partial charge is 0.504 e. The van der Waals surface area contributed by atoms with Gasteiger partial charge < -0.3 is 35.0 Å². The summed E-state index contributed by atoms with van der Waals surface area (Å²) in [4.78, 5) is 23.2. The number of hydrogen-bond donors (Lipinski definition) is 5. The molecule has 9 nitrogen and oxygen atoms in total. The fourth-order valence-corrected chi connectivity index (χ4v) is 2.83. The Balaban J connectivity index is 2.10. The summed E-state index contributed by atoms with van der Waals surface area (Å²) >= 11 is 0. The fraction of sp³-hybridized carbons (Fsp3) is 0.412. The lowest BCUT2D eigenvalue weighted by Crippen LogP contribution is -2.57.